The lowest BCUT2D eigenvalue weighted by Crippen LogP contribution is -2.44. The highest BCUT2D eigenvalue weighted by atomic mass is 19.1. The van der Waals surface area contributed by atoms with Gasteiger partial charge in [-0.15, -0.1) is 0 Å². The fraction of sp³-hybridized carbons (Fsp3) is 0.542. The lowest BCUT2D eigenvalue weighted by Gasteiger charge is -2.32. The number of ether oxygens (including phenoxy) is 1. The predicted molar refractivity (Wildman–Crippen MR) is 117 cm³/mol. The number of rotatable bonds is 4. The van der Waals surface area contributed by atoms with Gasteiger partial charge in [0.25, 0.3) is 5.91 Å². The number of hydrogen-bond acceptors (Lipinski definition) is 4. The summed E-state index contributed by atoms with van der Waals surface area (Å²) in [4.78, 5) is 31.7. The van der Waals surface area contributed by atoms with Crippen molar-refractivity contribution in [3.05, 3.63) is 53.4 Å². The van der Waals surface area contributed by atoms with Gasteiger partial charge in [-0.25, -0.2) is 9.37 Å². The third kappa shape index (κ3) is 5.01. The Morgan fingerprint density at radius 3 is 2.53 bits per heavy atom. The number of carbonyl (C=O) groups excluding carboxylic acids is 2. The monoisotopic (exact) mass is 442 g/mol. The first-order chi connectivity index (χ1) is 15.2. The van der Waals surface area contributed by atoms with Crippen LogP contribution < -0.4 is 5.32 Å². The summed E-state index contributed by atoms with van der Waals surface area (Å²) in [6.07, 6.45) is 2.78. The molecule has 1 saturated heterocycles. The lowest BCUT2D eigenvalue weighted by atomic mass is 9.93. The molecule has 4 rings (SSSR count). The molecule has 2 aromatic rings. The molecule has 1 fully saturated rings. The van der Waals surface area contributed by atoms with Crippen molar-refractivity contribution in [1.82, 2.24) is 19.8 Å². The fourth-order valence-corrected chi connectivity index (χ4v) is 4.18. The molecule has 1 atom stereocenters. The van der Waals surface area contributed by atoms with E-state index in [4.69, 9.17) is 4.74 Å². The normalized spacial score (nSPS) is 19.5. The van der Waals surface area contributed by atoms with Crippen molar-refractivity contribution in [3.8, 4) is 0 Å². The van der Waals surface area contributed by atoms with E-state index in [1.165, 1.54) is 12.1 Å². The van der Waals surface area contributed by atoms with Crippen molar-refractivity contribution in [3.63, 3.8) is 0 Å². The minimum atomic E-state index is -0.281. The van der Waals surface area contributed by atoms with Crippen LogP contribution in [-0.2, 0) is 22.7 Å². The Morgan fingerprint density at radius 1 is 1.19 bits per heavy atom. The number of likely N-dealkylation sites (tertiary alicyclic amines) is 1. The second kappa shape index (κ2) is 9.02. The Balaban J connectivity index is 1.35. The van der Waals surface area contributed by atoms with E-state index in [9.17, 15) is 14.0 Å². The number of fused-ring (bicyclic) bond motifs is 1. The average Bonchev–Trinajstić information content (AvgIpc) is 3.20. The highest BCUT2D eigenvalue weighted by molar-refractivity contribution is 5.93. The molecule has 2 amide bonds. The molecule has 2 aliphatic heterocycles. The van der Waals surface area contributed by atoms with Gasteiger partial charge >= 0.3 is 0 Å². The van der Waals surface area contributed by atoms with Crippen molar-refractivity contribution >= 4 is 11.8 Å². The molecule has 0 bridgehead atoms. The van der Waals surface area contributed by atoms with Crippen molar-refractivity contribution in [2.75, 3.05) is 19.6 Å². The van der Waals surface area contributed by atoms with Crippen LogP contribution >= 0.6 is 0 Å². The first kappa shape index (κ1) is 22.5. The molecule has 0 radical (unpaired) electrons. The smallest absolute Gasteiger partial charge is 0.274 e. The quantitative estimate of drug-likeness (QED) is 0.788. The van der Waals surface area contributed by atoms with Crippen molar-refractivity contribution in [2.24, 2.45) is 11.3 Å². The molecule has 2 aliphatic rings. The summed E-state index contributed by atoms with van der Waals surface area (Å²) < 4.78 is 21.1. The van der Waals surface area contributed by atoms with E-state index in [-0.39, 0.29) is 41.7 Å². The summed E-state index contributed by atoms with van der Waals surface area (Å²) >= 11 is 0. The van der Waals surface area contributed by atoms with Gasteiger partial charge in [-0.1, -0.05) is 32.9 Å². The summed E-state index contributed by atoms with van der Waals surface area (Å²) in [5, 5.41) is 3.03. The Labute approximate surface area is 188 Å². The van der Waals surface area contributed by atoms with Gasteiger partial charge in [-0.05, 0) is 36.0 Å². The number of amides is 2. The molecule has 1 N–H and O–H groups in total. The molecule has 7 nitrogen and oxygen atoms in total. The van der Waals surface area contributed by atoms with Gasteiger partial charge in [-0.3, -0.25) is 9.59 Å². The number of hydrogen-bond donors (Lipinski definition) is 1. The van der Waals surface area contributed by atoms with E-state index in [1.807, 2.05) is 4.57 Å². The van der Waals surface area contributed by atoms with Gasteiger partial charge in [0, 0.05) is 25.6 Å². The molecule has 172 valence electrons. The van der Waals surface area contributed by atoms with Gasteiger partial charge in [0.15, 0.2) is 5.69 Å². The summed E-state index contributed by atoms with van der Waals surface area (Å²) in [5.41, 5.74) is 2.12. The van der Waals surface area contributed by atoms with Crippen molar-refractivity contribution < 1.29 is 18.7 Å². The van der Waals surface area contributed by atoms with Crippen LogP contribution in [0, 0.1) is 17.2 Å². The molecule has 0 unspecified atom stereocenters. The maximum absolute atomic E-state index is 13.2. The predicted octanol–water partition coefficient (Wildman–Crippen LogP) is 3.31. The second-order valence-electron chi connectivity index (χ2n) is 9.89. The van der Waals surface area contributed by atoms with E-state index in [2.05, 4.69) is 31.1 Å². The van der Waals surface area contributed by atoms with Gasteiger partial charge in [-0.2, -0.15) is 0 Å². The van der Waals surface area contributed by atoms with Crippen LogP contribution in [-0.4, -0.2) is 45.9 Å². The average molecular weight is 443 g/mol. The molecule has 1 aromatic carbocycles. The maximum Gasteiger partial charge on any atom is 0.274 e. The molecule has 32 heavy (non-hydrogen) atoms. The second-order valence-corrected chi connectivity index (χ2v) is 9.89. The number of halogens is 1. The Hall–Kier alpha value is -2.74. The minimum absolute atomic E-state index is 0.0460. The van der Waals surface area contributed by atoms with Gasteiger partial charge in [0.05, 0.1) is 25.2 Å². The SMILES string of the molecule is CC(C)(C)CNC(=O)C1CCN(C(=O)c2ncn3c2CO[C@H](c2ccc(F)cc2)C3)CC1. The summed E-state index contributed by atoms with van der Waals surface area (Å²) in [7, 11) is 0. The zero-order valence-electron chi connectivity index (χ0n) is 18.9. The van der Waals surface area contributed by atoms with E-state index in [1.54, 1.807) is 23.4 Å². The zero-order valence-corrected chi connectivity index (χ0v) is 18.9. The molecule has 3 heterocycles. The third-order valence-electron chi connectivity index (χ3n) is 6.12. The van der Waals surface area contributed by atoms with Gasteiger partial charge < -0.3 is 19.5 Å². The van der Waals surface area contributed by atoms with E-state index in [0.29, 0.717) is 44.7 Å². The number of aromatic nitrogens is 2. The summed E-state index contributed by atoms with van der Waals surface area (Å²) in [6.45, 7) is 8.79. The van der Waals surface area contributed by atoms with E-state index < -0.39 is 0 Å². The number of imidazole rings is 1. The van der Waals surface area contributed by atoms with Crippen molar-refractivity contribution in [2.45, 2.75) is 52.9 Å². The Kier molecular flexibility index (Phi) is 6.33. The summed E-state index contributed by atoms with van der Waals surface area (Å²) in [5.74, 6) is -0.379. The maximum atomic E-state index is 13.2. The lowest BCUT2D eigenvalue weighted by molar-refractivity contribution is -0.126. The number of nitrogens with one attached hydrogen (secondary N) is 1. The van der Waals surface area contributed by atoms with Gasteiger partial charge in [0.1, 0.15) is 11.9 Å². The Bertz CT molecular complexity index is 972. The molecular formula is C24H31FN4O3. The fourth-order valence-electron chi connectivity index (χ4n) is 4.18. The Morgan fingerprint density at radius 2 is 1.88 bits per heavy atom. The number of benzene rings is 1. The molecular weight excluding hydrogens is 411 g/mol. The molecule has 0 spiro atoms. The first-order valence-electron chi connectivity index (χ1n) is 11.2. The highest BCUT2D eigenvalue weighted by Crippen LogP contribution is 2.29. The molecule has 0 aliphatic carbocycles. The van der Waals surface area contributed by atoms with E-state index in [0.717, 1.165) is 11.3 Å². The standard InChI is InChI=1S/C24H31FN4O3/c1-24(2,3)14-26-22(30)17-8-10-28(11-9-17)23(31)21-19-13-32-20(12-29(19)15-27-21)16-4-6-18(25)7-5-16/h4-7,15,17,20H,8-14H2,1-3H3,(H,26,30)/t20-/m0/s1. The zero-order chi connectivity index (χ0) is 22.9. The number of nitrogens with zero attached hydrogens (tertiary/aromatic N) is 3. The minimum Gasteiger partial charge on any atom is -0.365 e. The summed E-state index contributed by atoms with van der Waals surface area (Å²) in [6, 6.07) is 6.28. The van der Waals surface area contributed by atoms with Gasteiger partial charge in [0.2, 0.25) is 5.91 Å². The van der Waals surface area contributed by atoms with Crippen LogP contribution in [0.5, 0.6) is 0 Å². The largest absolute Gasteiger partial charge is 0.365 e. The first-order valence-corrected chi connectivity index (χ1v) is 11.2. The third-order valence-corrected chi connectivity index (χ3v) is 6.12. The topological polar surface area (TPSA) is 76.5 Å². The van der Waals surface area contributed by atoms with Crippen LogP contribution in [0.25, 0.3) is 0 Å². The van der Waals surface area contributed by atoms with Crippen LogP contribution in [0.2, 0.25) is 0 Å². The van der Waals surface area contributed by atoms with Crippen LogP contribution in [0.15, 0.2) is 30.6 Å². The van der Waals surface area contributed by atoms with Crippen LogP contribution in [0.3, 0.4) is 0 Å². The number of piperidine rings is 1. The van der Waals surface area contributed by atoms with Crippen LogP contribution in [0.1, 0.15) is 61.5 Å². The molecule has 0 saturated carbocycles. The molecule has 1 aromatic heterocycles. The number of carbonyl (C=O) groups is 2. The highest BCUT2D eigenvalue weighted by Gasteiger charge is 2.32. The van der Waals surface area contributed by atoms with Crippen LogP contribution in [0.4, 0.5) is 4.39 Å². The van der Waals surface area contributed by atoms with Crippen molar-refractivity contribution in [1.29, 1.82) is 0 Å². The van der Waals surface area contributed by atoms with E-state index >= 15 is 0 Å². The molecule has 8 heteroatoms.